The summed E-state index contributed by atoms with van der Waals surface area (Å²) in [5, 5.41) is 5.45. The summed E-state index contributed by atoms with van der Waals surface area (Å²) in [4.78, 5) is 0. The molecule has 1 aliphatic carbocycles. The fourth-order valence-electron chi connectivity index (χ4n) is 1.66. The molecule has 0 bridgehead atoms. The second-order valence-electron chi connectivity index (χ2n) is 3.33. The Hall–Kier alpha value is -0.610. The average Bonchev–Trinajstić information content (AvgIpc) is 2.63. The minimum Gasteiger partial charge on any atom is -0.380 e. The zero-order chi connectivity index (χ0) is 8.39. The number of nitrogens with zero attached hydrogens (tertiary/aromatic N) is 1. The van der Waals surface area contributed by atoms with E-state index in [9.17, 15) is 0 Å². The van der Waals surface area contributed by atoms with Gasteiger partial charge in [0.2, 0.25) is 0 Å². The third-order valence-electron chi connectivity index (χ3n) is 2.28. The molecule has 1 saturated carbocycles. The van der Waals surface area contributed by atoms with Gasteiger partial charge < -0.3 is 11.1 Å². The van der Waals surface area contributed by atoms with Crippen molar-refractivity contribution in [2.24, 2.45) is 5.73 Å². The van der Waals surface area contributed by atoms with Crippen LogP contribution >= 0.6 is 11.5 Å². The highest BCUT2D eigenvalue weighted by Crippen LogP contribution is 2.21. The van der Waals surface area contributed by atoms with Crippen LogP contribution < -0.4 is 11.1 Å². The predicted molar refractivity (Wildman–Crippen MR) is 51.4 cm³/mol. The Balaban J connectivity index is 1.88. The summed E-state index contributed by atoms with van der Waals surface area (Å²) >= 11 is 1.48. The van der Waals surface area contributed by atoms with Crippen LogP contribution in [0.4, 0.5) is 5.69 Å². The van der Waals surface area contributed by atoms with E-state index in [0.717, 1.165) is 18.5 Å². The monoisotopic (exact) mass is 183 g/mol. The Morgan fingerprint density at radius 3 is 3.08 bits per heavy atom. The van der Waals surface area contributed by atoms with Crippen molar-refractivity contribution >= 4 is 17.2 Å². The lowest BCUT2D eigenvalue weighted by Gasteiger charge is -2.10. The van der Waals surface area contributed by atoms with Crippen molar-refractivity contribution in [3.8, 4) is 0 Å². The SMILES string of the molecule is NC1CCC(Nc2cnsc2)C1. The molecular formula is C8H13N3S. The molecule has 66 valence electrons. The van der Waals surface area contributed by atoms with Gasteiger partial charge in [0, 0.05) is 17.5 Å². The summed E-state index contributed by atoms with van der Waals surface area (Å²) in [6, 6.07) is 0.963. The summed E-state index contributed by atoms with van der Waals surface area (Å²) in [5.74, 6) is 0. The molecule has 2 unspecified atom stereocenters. The lowest BCUT2D eigenvalue weighted by atomic mass is 10.2. The molecule has 1 aromatic rings. The molecule has 0 aliphatic heterocycles. The first-order chi connectivity index (χ1) is 5.84. The molecule has 2 atom stereocenters. The predicted octanol–water partition coefficient (Wildman–Crippen LogP) is 1.43. The number of hydrogen-bond acceptors (Lipinski definition) is 4. The largest absolute Gasteiger partial charge is 0.380 e. The topological polar surface area (TPSA) is 50.9 Å². The quantitative estimate of drug-likeness (QED) is 0.729. The van der Waals surface area contributed by atoms with Crippen molar-refractivity contribution in [2.45, 2.75) is 31.3 Å². The maximum Gasteiger partial charge on any atom is 0.0655 e. The van der Waals surface area contributed by atoms with E-state index < -0.39 is 0 Å². The van der Waals surface area contributed by atoms with Crippen LogP contribution in [0.2, 0.25) is 0 Å². The van der Waals surface area contributed by atoms with Gasteiger partial charge in [0.1, 0.15) is 0 Å². The molecule has 0 spiro atoms. The Kier molecular flexibility index (Phi) is 2.28. The van der Waals surface area contributed by atoms with E-state index in [4.69, 9.17) is 5.73 Å². The van der Waals surface area contributed by atoms with Crippen LogP contribution in [-0.4, -0.2) is 16.5 Å². The Morgan fingerprint density at radius 1 is 1.58 bits per heavy atom. The van der Waals surface area contributed by atoms with Crippen molar-refractivity contribution < 1.29 is 0 Å². The molecule has 12 heavy (non-hydrogen) atoms. The van der Waals surface area contributed by atoms with Gasteiger partial charge in [-0.15, -0.1) is 0 Å². The van der Waals surface area contributed by atoms with Crippen molar-refractivity contribution in [2.75, 3.05) is 5.32 Å². The van der Waals surface area contributed by atoms with Crippen LogP contribution in [0.5, 0.6) is 0 Å². The van der Waals surface area contributed by atoms with Crippen LogP contribution in [0.1, 0.15) is 19.3 Å². The van der Waals surface area contributed by atoms with Gasteiger partial charge in [-0.3, -0.25) is 0 Å². The Bertz CT molecular complexity index is 234. The van der Waals surface area contributed by atoms with Crippen molar-refractivity contribution in [3.05, 3.63) is 11.6 Å². The first-order valence-electron chi connectivity index (χ1n) is 4.26. The summed E-state index contributed by atoms with van der Waals surface area (Å²) < 4.78 is 4.03. The summed E-state index contributed by atoms with van der Waals surface area (Å²) in [7, 11) is 0. The van der Waals surface area contributed by atoms with Crippen LogP contribution in [-0.2, 0) is 0 Å². The van der Waals surface area contributed by atoms with E-state index in [1.165, 1.54) is 18.0 Å². The van der Waals surface area contributed by atoms with E-state index in [0.29, 0.717) is 12.1 Å². The zero-order valence-electron chi connectivity index (χ0n) is 6.86. The van der Waals surface area contributed by atoms with Crippen LogP contribution in [0.3, 0.4) is 0 Å². The molecule has 4 heteroatoms. The Morgan fingerprint density at radius 2 is 2.50 bits per heavy atom. The van der Waals surface area contributed by atoms with Crippen molar-refractivity contribution in [3.63, 3.8) is 0 Å². The number of rotatable bonds is 2. The van der Waals surface area contributed by atoms with Gasteiger partial charge in [0.15, 0.2) is 0 Å². The first kappa shape index (κ1) is 8.01. The summed E-state index contributed by atoms with van der Waals surface area (Å²) in [5.41, 5.74) is 6.94. The molecular weight excluding hydrogens is 170 g/mol. The smallest absolute Gasteiger partial charge is 0.0655 e. The van der Waals surface area contributed by atoms with E-state index >= 15 is 0 Å². The van der Waals surface area contributed by atoms with Crippen molar-refractivity contribution in [1.82, 2.24) is 4.37 Å². The molecule has 1 aromatic heterocycles. The van der Waals surface area contributed by atoms with Crippen LogP contribution in [0.15, 0.2) is 11.6 Å². The van der Waals surface area contributed by atoms with Crippen LogP contribution in [0.25, 0.3) is 0 Å². The molecule has 0 amide bonds. The third kappa shape index (κ3) is 1.76. The molecule has 0 radical (unpaired) electrons. The average molecular weight is 183 g/mol. The van der Waals surface area contributed by atoms with E-state index in [-0.39, 0.29) is 0 Å². The highest BCUT2D eigenvalue weighted by atomic mass is 32.1. The molecule has 1 fully saturated rings. The second kappa shape index (κ2) is 3.41. The van der Waals surface area contributed by atoms with Gasteiger partial charge in [-0.25, -0.2) is 0 Å². The number of hydrogen-bond donors (Lipinski definition) is 2. The fourth-order valence-corrected chi connectivity index (χ4v) is 2.14. The standard InChI is InChI=1S/C8H13N3S/c9-6-1-2-7(3-6)11-8-4-10-12-5-8/h4-7,11H,1-3,9H2. The second-order valence-corrected chi connectivity index (χ2v) is 3.98. The normalized spacial score (nSPS) is 29.1. The highest BCUT2D eigenvalue weighted by Gasteiger charge is 2.21. The summed E-state index contributed by atoms with van der Waals surface area (Å²) in [6.45, 7) is 0. The highest BCUT2D eigenvalue weighted by molar-refractivity contribution is 7.04. The molecule has 2 rings (SSSR count). The molecule has 0 saturated heterocycles. The molecule has 1 aliphatic rings. The van der Waals surface area contributed by atoms with Gasteiger partial charge in [-0.05, 0) is 30.8 Å². The fraction of sp³-hybridized carbons (Fsp3) is 0.625. The van der Waals surface area contributed by atoms with E-state index in [2.05, 4.69) is 9.69 Å². The minimum absolute atomic E-state index is 0.397. The van der Waals surface area contributed by atoms with Gasteiger partial charge >= 0.3 is 0 Å². The first-order valence-corrected chi connectivity index (χ1v) is 5.10. The molecule has 3 N–H and O–H groups in total. The van der Waals surface area contributed by atoms with E-state index in [1.807, 2.05) is 11.6 Å². The number of aromatic nitrogens is 1. The van der Waals surface area contributed by atoms with Gasteiger partial charge in [0.05, 0.1) is 11.9 Å². The third-order valence-corrected chi connectivity index (χ3v) is 2.86. The van der Waals surface area contributed by atoms with Crippen LogP contribution in [0, 0.1) is 0 Å². The minimum atomic E-state index is 0.397. The van der Waals surface area contributed by atoms with Gasteiger partial charge in [-0.2, -0.15) is 4.37 Å². The van der Waals surface area contributed by atoms with Gasteiger partial charge in [0.25, 0.3) is 0 Å². The van der Waals surface area contributed by atoms with Gasteiger partial charge in [-0.1, -0.05) is 0 Å². The maximum absolute atomic E-state index is 5.80. The molecule has 1 heterocycles. The number of nitrogens with one attached hydrogen (secondary N) is 1. The lowest BCUT2D eigenvalue weighted by Crippen LogP contribution is -2.20. The van der Waals surface area contributed by atoms with Crippen molar-refractivity contribution in [1.29, 1.82) is 0 Å². The maximum atomic E-state index is 5.80. The lowest BCUT2D eigenvalue weighted by molar-refractivity contribution is 0.688. The number of anilines is 1. The zero-order valence-corrected chi connectivity index (χ0v) is 7.68. The molecule has 3 nitrogen and oxygen atoms in total. The molecule has 0 aromatic carbocycles. The van der Waals surface area contributed by atoms with E-state index in [1.54, 1.807) is 0 Å². The summed E-state index contributed by atoms with van der Waals surface area (Å²) in [6.07, 6.45) is 5.30. The Labute approximate surface area is 76.1 Å². The number of nitrogens with two attached hydrogens (primary N) is 1.